The lowest BCUT2D eigenvalue weighted by Gasteiger charge is -2.35. The molecule has 5 nitrogen and oxygen atoms in total. The minimum atomic E-state index is -0.338. The molecule has 0 aromatic carbocycles. The number of hydrogen-bond donors (Lipinski definition) is 1. The number of hydrogen-bond acceptors (Lipinski definition) is 3. The molecule has 2 fully saturated rings. The van der Waals surface area contributed by atoms with E-state index < -0.39 is 0 Å². The topological polar surface area (TPSA) is 58.6 Å². The van der Waals surface area contributed by atoms with Gasteiger partial charge in [0.25, 0.3) is 0 Å². The Hall–Kier alpha value is -1.10. The first kappa shape index (κ1) is 16.3. The highest BCUT2D eigenvalue weighted by atomic mass is 16.5. The van der Waals surface area contributed by atoms with E-state index in [4.69, 9.17) is 4.74 Å². The predicted molar refractivity (Wildman–Crippen MR) is 80.7 cm³/mol. The van der Waals surface area contributed by atoms with Crippen LogP contribution in [-0.4, -0.2) is 49.1 Å². The zero-order valence-electron chi connectivity index (χ0n) is 13.5. The molecule has 0 aromatic heterocycles. The van der Waals surface area contributed by atoms with E-state index in [1.165, 1.54) is 0 Å². The van der Waals surface area contributed by atoms with Gasteiger partial charge in [-0.2, -0.15) is 0 Å². The molecule has 0 saturated carbocycles. The van der Waals surface area contributed by atoms with E-state index in [-0.39, 0.29) is 29.3 Å². The van der Waals surface area contributed by atoms with Gasteiger partial charge in [0.15, 0.2) is 0 Å². The highest BCUT2D eigenvalue weighted by molar-refractivity contribution is 5.82. The molecule has 2 amide bonds. The van der Waals surface area contributed by atoms with Gasteiger partial charge in [0, 0.05) is 37.6 Å². The molecule has 2 rings (SSSR count). The first-order valence-electron chi connectivity index (χ1n) is 8.06. The quantitative estimate of drug-likeness (QED) is 0.860. The Balaban J connectivity index is 1.72. The summed E-state index contributed by atoms with van der Waals surface area (Å²) >= 11 is 0. The van der Waals surface area contributed by atoms with Crippen molar-refractivity contribution in [2.75, 3.05) is 26.2 Å². The third-order valence-corrected chi connectivity index (χ3v) is 4.32. The molecule has 2 aliphatic heterocycles. The number of carbonyl (C=O) groups excluding carboxylic acids is 2. The van der Waals surface area contributed by atoms with Crippen LogP contribution in [0, 0.1) is 11.3 Å². The Morgan fingerprint density at radius 1 is 1.19 bits per heavy atom. The molecule has 0 bridgehead atoms. The molecule has 1 atom stereocenters. The third-order valence-electron chi connectivity index (χ3n) is 4.32. The van der Waals surface area contributed by atoms with Crippen LogP contribution in [-0.2, 0) is 14.3 Å². The second-order valence-electron chi connectivity index (χ2n) is 7.20. The fraction of sp³-hybridized carbons (Fsp3) is 0.875. The van der Waals surface area contributed by atoms with E-state index in [1.807, 2.05) is 25.7 Å². The Bertz CT molecular complexity index is 375. The molecular weight excluding hydrogens is 268 g/mol. The fourth-order valence-corrected chi connectivity index (χ4v) is 2.98. The minimum Gasteiger partial charge on any atom is -0.376 e. The van der Waals surface area contributed by atoms with Gasteiger partial charge in [-0.3, -0.25) is 9.59 Å². The van der Waals surface area contributed by atoms with Crippen molar-refractivity contribution in [2.45, 2.75) is 52.6 Å². The largest absolute Gasteiger partial charge is 0.376 e. The van der Waals surface area contributed by atoms with E-state index in [0.717, 1.165) is 32.3 Å². The first-order valence-corrected chi connectivity index (χ1v) is 8.06. The van der Waals surface area contributed by atoms with Gasteiger partial charge in [0.05, 0.1) is 6.10 Å². The maximum Gasteiger partial charge on any atom is 0.227 e. The predicted octanol–water partition coefficient (Wildman–Crippen LogP) is 1.57. The van der Waals surface area contributed by atoms with E-state index in [2.05, 4.69) is 5.32 Å². The Morgan fingerprint density at radius 2 is 1.86 bits per heavy atom. The van der Waals surface area contributed by atoms with Gasteiger partial charge in [-0.25, -0.2) is 0 Å². The number of amides is 2. The molecule has 21 heavy (non-hydrogen) atoms. The summed E-state index contributed by atoms with van der Waals surface area (Å²) in [7, 11) is 0. The summed E-state index contributed by atoms with van der Waals surface area (Å²) in [5.41, 5.74) is -0.338. The van der Waals surface area contributed by atoms with Crippen molar-refractivity contribution in [1.82, 2.24) is 10.2 Å². The van der Waals surface area contributed by atoms with Crippen LogP contribution in [0.5, 0.6) is 0 Å². The second kappa shape index (κ2) is 6.77. The van der Waals surface area contributed by atoms with E-state index in [0.29, 0.717) is 19.6 Å². The molecule has 0 spiro atoms. The van der Waals surface area contributed by atoms with Crippen LogP contribution in [0.3, 0.4) is 0 Å². The van der Waals surface area contributed by atoms with Crippen LogP contribution in [0.1, 0.15) is 46.5 Å². The van der Waals surface area contributed by atoms with Crippen LogP contribution in [0.2, 0.25) is 0 Å². The first-order chi connectivity index (χ1) is 9.88. The fourth-order valence-electron chi connectivity index (χ4n) is 2.98. The van der Waals surface area contributed by atoms with Crippen molar-refractivity contribution in [3.05, 3.63) is 0 Å². The van der Waals surface area contributed by atoms with Gasteiger partial charge < -0.3 is 15.0 Å². The van der Waals surface area contributed by atoms with Gasteiger partial charge in [0.1, 0.15) is 0 Å². The summed E-state index contributed by atoms with van der Waals surface area (Å²) in [5.74, 6) is 0.337. The molecule has 1 unspecified atom stereocenters. The van der Waals surface area contributed by atoms with Crippen molar-refractivity contribution < 1.29 is 14.3 Å². The van der Waals surface area contributed by atoms with Crippen LogP contribution in [0.25, 0.3) is 0 Å². The molecule has 2 aliphatic rings. The number of ether oxygens (including phenoxy) is 1. The van der Waals surface area contributed by atoms with Crippen LogP contribution in [0.4, 0.5) is 0 Å². The molecule has 0 aromatic rings. The summed E-state index contributed by atoms with van der Waals surface area (Å²) in [6.45, 7) is 8.64. The second-order valence-corrected chi connectivity index (χ2v) is 7.20. The van der Waals surface area contributed by atoms with Crippen molar-refractivity contribution in [1.29, 1.82) is 0 Å². The Morgan fingerprint density at radius 3 is 2.38 bits per heavy atom. The number of piperidine rings is 1. The molecule has 120 valence electrons. The third kappa shape index (κ3) is 4.43. The minimum absolute atomic E-state index is 0.0374. The molecule has 5 heteroatoms. The van der Waals surface area contributed by atoms with Gasteiger partial charge in [-0.15, -0.1) is 0 Å². The van der Waals surface area contributed by atoms with Crippen LogP contribution in [0.15, 0.2) is 0 Å². The molecular formula is C16H28N2O3. The van der Waals surface area contributed by atoms with Gasteiger partial charge in [0.2, 0.25) is 11.8 Å². The number of nitrogens with zero attached hydrogens (tertiary/aromatic N) is 1. The average Bonchev–Trinajstić information content (AvgIpc) is 2.96. The molecule has 0 radical (unpaired) electrons. The van der Waals surface area contributed by atoms with Gasteiger partial charge >= 0.3 is 0 Å². The summed E-state index contributed by atoms with van der Waals surface area (Å²) in [4.78, 5) is 26.3. The zero-order valence-corrected chi connectivity index (χ0v) is 13.5. The number of nitrogens with one attached hydrogen (secondary N) is 1. The smallest absolute Gasteiger partial charge is 0.227 e. The summed E-state index contributed by atoms with van der Waals surface area (Å²) in [6, 6.07) is 0. The van der Waals surface area contributed by atoms with Gasteiger partial charge in [-0.1, -0.05) is 20.8 Å². The monoisotopic (exact) mass is 296 g/mol. The summed E-state index contributed by atoms with van der Waals surface area (Å²) < 4.78 is 5.51. The Labute approximate surface area is 127 Å². The highest BCUT2D eigenvalue weighted by Gasteiger charge is 2.32. The molecule has 1 N–H and O–H groups in total. The summed E-state index contributed by atoms with van der Waals surface area (Å²) in [5, 5.41) is 3.00. The number of rotatable bonds is 3. The van der Waals surface area contributed by atoms with Crippen molar-refractivity contribution >= 4 is 11.8 Å². The molecule has 0 aliphatic carbocycles. The number of likely N-dealkylation sites (tertiary alicyclic amines) is 1. The normalized spacial score (nSPS) is 24.1. The maximum absolute atomic E-state index is 12.2. The zero-order chi connectivity index (χ0) is 15.5. The highest BCUT2D eigenvalue weighted by Crippen LogP contribution is 2.23. The lowest BCUT2D eigenvalue weighted by Crippen LogP contribution is -2.47. The summed E-state index contributed by atoms with van der Waals surface area (Å²) in [6.07, 6.45) is 3.85. The SMILES string of the molecule is CC(C)(C)C(=O)N1CCC(C(=O)NCC2CCCO2)CC1. The van der Waals surface area contributed by atoms with Crippen molar-refractivity contribution in [3.8, 4) is 0 Å². The molecule has 2 heterocycles. The average molecular weight is 296 g/mol. The number of carbonyl (C=O) groups is 2. The lowest BCUT2D eigenvalue weighted by molar-refractivity contribution is -0.142. The van der Waals surface area contributed by atoms with Gasteiger partial charge in [-0.05, 0) is 25.7 Å². The maximum atomic E-state index is 12.2. The van der Waals surface area contributed by atoms with Crippen LogP contribution >= 0.6 is 0 Å². The van der Waals surface area contributed by atoms with Crippen molar-refractivity contribution in [2.24, 2.45) is 11.3 Å². The standard InChI is InChI=1S/C16H28N2O3/c1-16(2,3)15(20)18-8-6-12(7-9-18)14(19)17-11-13-5-4-10-21-13/h12-13H,4-11H2,1-3H3,(H,17,19). The Kier molecular flexibility index (Phi) is 5.25. The molecule has 2 saturated heterocycles. The lowest BCUT2D eigenvalue weighted by atomic mass is 9.90. The van der Waals surface area contributed by atoms with Crippen LogP contribution < -0.4 is 5.32 Å². The van der Waals surface area contributed by atoms with Crippen molar-refractivity contribution in [3.63, 3.8) is 0 Å². The van der Waals surface area contributed by atoms with E-state index >= 15 is 0 Å². The van der Waals surface area contributed by atoms with E-state index in [1.54, 1.807) is 0 Å². The van der Waals surface area contributed by atoms with E-state index in [9.17, 15) is 9.59 Å².